The molecule has 9 heteroatoms. The lowest BCUT2D eigenvalue weighted by molar-refractivity contribution is -0.384. The predicted octanol–water partition coefficient (Wildman–Crippen LogP) is 5.47. The molecule has 26 heavy (non-hydrogen) atoms. The van der Waals surface area contributed by atoms with Crippen LogP contribution in [0.1, 0.15) is 11.6 Å². The molecule has 1 atom stereocenters. The zero-order chi connectivity index (χ0) is 19.5. The van der Waals surface area contributed by atoms with Gasteiger partial charge >= 0.3 is 6.18 Å². The molecule has 0 fully saturated rings. The molecule has 2 aromatic carbocycles. The highest BCUT2D eigenvalue weighted by atomic mass is 28.4. The first kappa shape index (κ1) is 19.9. The van der Waals surface area contributed by atoms with E-state index in [0.717, 1.165) is 29.3 Å². The van der Waals surface area contributed by atoms with Gasteiger partial charge in [0, 0.05) is 12.1 Å². The minimum atomic E-state index is -4.65. The lowest BCUT2D eigenvalue weighted by atomic mass is 10.0. The number of non-ortho nitro benzene ring substituents is 1. The van der Waals surface area contributed by atoms with Crippen molar-refractivity contribution in [3.63, 3.8) is 0 Å². The summed E-state index contributed by atoms with van der Waals surface area (Å²) in [6.45, 7) is 5.35. The van der Waals surface area contributed by atoms with Crippen molar-refractivity contribution in [2.75, 3.05) is 5.06 Å². The average Bonchev–Trinajstić information content (AvgIpc) is 2.53. The molecular formula is C17H19F3N2O3Si. The van der Waals surface area contributed by atoms with Crippen LogP contribution in [0.5, 0.6) is 0 Å². The molecule has 140 valence electrons. The first-order valence-electron chi connectivity index (χ1n) is 7.83. The third-order valence-electron chi connectivity index (χ3n) is 3.35. The van der Waals surface area contributed by atoms with Crippen molar-refractivity contribution in [1.29, 1.82) is 0 Å². The normalized spacial score (nSPS) is 13.3. The van der Waals surface area contributed by atoms with Gasteiger partial charge in [-0.2, -0.15) is 13.2 Å². The average molecular weight is 384 g/mol. The van der Waals surface area contributed by atoms with Crippen LogP contribution >= 0.6 is 0 Å². The van der Waals surface area contributed by atoms with E-state index < -0.39 is 25.5 Å². The van der Waals surface area contributed by atoms with Crippen molar-refractivity contribution in [3.8, 4) is 0 Å². The molecule has 2 aromatic rings. The Balaban J connectivity index is 2.55. The van der Waals surface area contributed by atoms with Crippen molar-refractivity contribution in [2.45, 2.75) is 31.9 Å². The standard InChI is InChI=1S/C17H19F3N2O3Si/c1-26(2,3)25-21(14-7-5-4-6-8-14)16(17(18,19)20)13-9-11-15(12-10-13)22(23)24/h4-12,16H,1-3H3. The number of nitrogens with zero attached hydrogens (tertiary/aromatic N) is 2. The quantitative estimate of drug-likeness (QED) is 0.376. The van der Waals surface area contributed by atoms with Crippen LogP contribution in [-0.2, 0) is 4.53 Å². The highest BCUT2D eigenvalue weighted by molar-refractivity contribution is 6.69. The molecule has 0 bridgehead atoms. The lowest BCUT2D eigenvalue weighted by Gasteiger charge is -2.38. The summed E-state index contributed by atoms with van der Waals surface area (Å²) in [5, 5.41) is 11.6. The van der Waals surface area contributed by atoms with E-state index >= 15 is 0 Å². The molecule has 0 aliphatic heterocycles. The van der Waals surface area contributed by atoms with E-state index in [0.29, 0.717) is 0 Å². The van der Waals surface area contributed by atoms with E-state index in [4.69, 9.17) is 4.53 Å². The van der Waals surface area contributed by atoms with E-state index in [-0.39, 0.29) is 16.9 Å². The van der Waals surface area contributed by atoms with Crippen molar-refractivity contribution in [3.05, 3.63) is 70.3 Å². The summed E-state index contributed by atoms with van der Waals surface area (Å²) >= 11 is 0. The smallest absolute Gasteiger partial charge is 0.319 e. The zero-order valence-electron chi connectivity index (χ0n) is 14.5. The molecule has 0 spiro atoms. The maximum Gasteiger partial charge on any atom is 0.415 e. The van der Waals surface area contributed by atoms with Gasteiger partial charge < -0.3 is 4.53 Å². The third kappa shape index (κ3) is 5.05. The fourth-order valence-corrected chi connectivity index (χ4v) is 3.16. The first-order valence-corrected chi connectivity index (χ1v) is 11.2. The highest BCUT2D eigenvalue weighted by Crippen LogP contribution is 2.41. The minimum absolute atomic E-state index is 0.134. The highest BCUT2D eigenvalue weighted by Gasteiger charge is 2.47. The molecular weight excluding hydrogens is 365 g/mol. The second-order valence-electron chi connectivity index (χ2n) is 6.66. The maximum absolute atomic E-state index is 13.9. The summed E-state index contributed by atoms with van der Waals surface area (Å²) in [4.78, 5) is 10.1. The number of rotatable bonds is 6. The summed E-state index contributed by atoms with van der Waals surface area (Å²) in [5.74, 6) is 0. The van der Waals surface area contributed by atoms with Crippen molar-refractivity contribution in [1.82, 2.24) is 0 Å². The number of nitro benzene ring substituents is 1. The van der Waals surface area contributed by atoms with Gasteiger partial charge in [-0.1, -0.05) is 18.2 Å². The Labute approximate surface area is 150 Å². The molecule has 1 unspecified atom stereocenters. The van der Waals surface area contributed by atoms with E-state index in [1.54, 1.807) is 37.8 Å². The first-order chi connectivity index (χ1) is 12.0. The third-order valence-corrected chi connectivity index (χ3v) is 4.09. The Hall–Kier alpha value is -2.39. The van der Waals surface area contributed by atoms with Gasteiger partial charge in [0.25, 0.3) is 5.69 Å². The number of hydroxylamine groups is 1. The number of nitro groups is 1. The van der Waals surface area contributed by atoms with Crippen LogP contribution in [0, 0.1) is 10.1 Å². The van der Waals surface area contributed by atoms with E-state index in [1.165, 1.54) is 12.1 Å². The summed E-state index contributed by atoms with van der Waals surface area (Å²) in [7, 11) is -2.39. The van der Waals surface area contributed by atoms with E-state index in [9.17, 15) is 23.3 Å². The SMILES string of the molecule is C[Si](C)(C)ON(c1ccccc1)C(c1ccc([N+](=O)[O-])cc1)C(F)(F)F. The van der Waals surface area contributed by atoms with Crippen LogP contribution < -0.4 is 5.06 Å². The predicted molar refractivity (Wildman–Crippen MR) is 95.2 cm³/mol. The van der Waals surface area contributed by atoms with Gasteiger partial charge in [0.1, 0.15) is 0 Å². The zero-order valence-corrected chi connectivity index (χ0v) is 15.5. The molecule has 0 aromatic heterocycles. The topological polar surface area (TPSA) is 55.6 Å². The number of para-hydroxylation sites is 1. The largest absolute Gasteiger partial charge is 0.415 e. The number of halogens is 3. The molecule has 0 radical (unpaired) electrons. The van der Waals surface area contributed by atoms with Crippen LogP contribution in [-0.4, -0.2) is 19.4 Å². The second-order valence-corrected chi connectivity index (χ2v) is 11.1. The van der Waals surface area contributed by atoms with E-state index in [2.05, 4.69) is 0 Å². The summed E-state index contributed by atoms with van der Waals surface area (Å²) < 4.78 is 47.6. The fourth-order valence-electron chi connectivity index (χ4n) is 2.36. The van der Waals surface area contributed by atoms with Crippen LogP contribution in [0.2, 0.25) is 19.6 Å². The summed E-state index contributed by atoms with van der Waals surface area (Å²) in [6.07, 6.45) is -4.65. The van der Waals surface area contributed by atoms with Crippen molar-refractivity contribution < 1.29 is 22.6 Å². The summed E-state index contributed by atoms with van der Waals surface area (Å²) in [5.41, 5.74) is -0.146. The number of anilines is 1. The van der Waals surface area contributed by atoms with Crippen LogP contribution in [0.3, 0.4) is 0 Å². The molecule has 0 N–H and O–H groups in total. The Morgan fingerprint density at radius 3 is 2.00 bits per heavy atom. The molecule has 0 saturated carbocycles. The van der Waals surface area contributed by atoms with Gasteiger partial charge in [0.05, 0.1) is 10.6 Å². The van der Waals surface area contributed by atoms with E-state index in [1.807, 2.05) is 0 Å². The Bertz CT molecular complexity index is 747. The van der Waals surface area contributed by atoms with Gasteiger partial charge in [-0.3, -0.25) is 10.1 Å². The fraction of sp³-hybridized carbons (Fsp3) is 0.294. The maximum atomic E-state index is 13.9. The molecule has 0 aliphatic carbocycles. The molecule has 0 aliphatic rings. The van der Waals surface area contributed by atoms with Gasteiger partial charge in [-0.05, 0) is 49.5 Å². The number of hydrogen-bond acceptors (Lipinski definition) is 4. The molecule has 0 saturated heterocycles. The van der Waals surface area contributed by atoms with Crippen LogP contribution in [0.4, 0.5) is 24.5 Å². The summed E-state index contributed by atoms with van der Waals surface area (Å²) in [6, 6.07) is 10.3. The monoisotopic (exact) mass is 384 g/mol. The van der Waals surface area contributed by atoms with Gasteiger partial charge in [-0.15, -0.1) is 0 Å². The Kier molecular flexibility index (Phi) is 5.72. The minimum Gasteiger partial charge on any atom is -0.319 e. The number of hydrogen-bond donors (Lipinski definition) is 0. The number of alkyl halides is 3. The van der Waals surface area contributed by atoms with Crippen molar-refractivity contribution in [2.24, 2.45) is 0 Å². The molecule has 5 nitrogen and oxygen atoms in total. The van der Waals surface area contributed by atoms with Gasteiger partial charge in [0.15, 0.2) is 6.04 Å². The van der Waals surface area contributed by atoms with Crippen LogP contribution in [0.15, 0.2) is 54.6 Å². The number of benzene rings is 2. The molecule has 0 amide bonds. The Morgan fingerprint density at radius 1 is 1.04 bits per heavy atom. The van der Waals surface area contributed by atoms with Crippen molar-refractivity contribution >= 4 is 19.7 Å². The lowest BCUT2D eigenvalue weighted by Crippen LogP contribution is -2.45. The second kappa shape index (κ2) is 7.46. The van der Waals surface area contributed by atoms with Gasteiger partial charge in [0.2, 0.25) is 8.32 Å². The Morgan fingerprint density at radius 2 is 1.58 bits per heavy atom. The van der Waals surface area contributed by atoms with Crippen LogP contribution in [0.25, 0.3) is 0 Å². The molecule has 2 rings (SSSR count). The molecule has 0 heterocycles. The van der Waals surface area contributed by atoms with Gasteiger partial charge in [-0.25, -0.2) is 5.06 Å².